The van der Waals surface area contributed by atoms with Gasteiger partial charge in [-0.3, -0.25) is 4.79 Å². The molecule has 0 aliphatic rings. The minimum atomic E-state index is -5.87. The molecule has 148 valence electrons. The van der Waals surface area contributed by atoms with Gasteiger partial charge in [0.2, 0.25) is 0 Å². The van der Waals surface area contributed by atoms with E-state index in [1.807, 2.05) is 0 Å². The number of aryl methyl sites for hydroxylation is 1. The van der Waals surface area contributed by atoms with Gasteiger partial charge in [0.15, 0.2) is 11.3 Å². The fourth-order valence-corrected chi connectivity index (χ4v) is 2.69. The van der Waals surface area contributed by atoms with Crippen molar-refractivity contribution in [3.63, 3.8) is 0 Å². The summed E-state index contributed by atoms with van der Waals surface area (Å²) in [5.41, 5.74) is -2.75. The second-order valence-electron chi connectivity index (χ2n) is 5.73. The number of rotatable bonds is 3. The molecule has 0 fully saturated rings. The number of halogens is 7. The van der Waals surface area contributed by atoms with Gasteiger partial charge in [0.25, 0.3) is 5.91 Å². The van der Waals surface area contributed by atoms with E-state index in [1.54, 1.807) is 0 Å². The van der Waals surface area contributed by atoms with Gasteiger partial charge in [0.05, 0.1) is 5.69 Å². The fraction of sp³-hybridized carbons (Fsp3) is 0.188. The van der Waals surface area contributed by atoms with E-state index in [2.05, 4.69) is 31.3 Å². The Morgan fingerprint density at radius 2 is 1.82 bits per heavy atom. The van der Waals surface area contributed by atoms with Crippen LogP contribution >= 0.6 is 15.9 Å². The maximum absolute atomic E-state index is 13.9. The standard InChI is InChI=1S/C16H9BrF6N4O/c1-7-4-12(15(19,20)16(21,22)23)27-13(24-7)6-11(26-27)14(28)25-10-3-2-8(17)5-9(10)18/h2-6H,1H3,(H,25,28). The fourth-order valence-electron chi connectivity index (χ4n) is 2.36. The molecule has 0 saturated heterocycles. The summed E-state index contributed by atoms with van der Waals surface area (Å²) in [7, 11) is 0. The first-order valence-electron chi connectivity index (χ1n) is 7.49. The topological polar surface area (TPSA) is 59.3 Å². The molecule has 12 heteroatoms. The molecule has 3 aromatic rings. The molecule has 0 aliphatic carbocycles. The number of amides is 1. The number of aromatic nitrogens is 3. The Morgan fingerprint density at radius 3 is 2.43 bits per heavy atom. The number of nitrogens with zero attached hydrogens (tertiary/aromatic N) is 3. The third kappa shape index (κ3) is 3.55. The van der Waals surface area contributed by atoms with Crippen molar-refractivity contribution in [1.82, 2.24) is 14.6 Å². The van der Waals surface area contributed by atoms with Crippen LogP contribution in [-0.2, 0) is 5.92 Å². The Labute approximate surface area is 161 Å². The van der Waals surface area contributed by atoms with Crippen LogP contribution in [0.4, 0.5) is 32.0 Å². The van der Waals surface area contributed by atoms with Gasteiger partial charge in [-0.25, -0.2) is 13.9 Å². The van der Waals surface area contributed by atoms with Crippen molar-refractivity contribution in [2.75, 3.05) is 5.32 Å². The van der Waals surface area contributed by atoms with E-state index in [4.69, 9.17) is 0 Å². The number of hydrogen-bond donors (Lipinski definition) is 1. The summed E-state index contributed by atoms with van der Waals surface area (Å²) in [5, 5.41) is 5.68. The molecule has 0 aliphatic heterocycles. The first kappa shape index (κ1) is 20.1. The summed E-state index contributed by atoms with van der Waals surface area (Å²) in [5.74, 6) is -7.02. The van der Waals surface area contributed by atoms with E-state index in [0.717, 1.165) is 12.1 Å². The quantitative estimate of drug-likeness (QED) is 0.561. The molecule has 1 N–H and O–H groups in total. The van der Waals surface area contributed by atoms with Crippen LogP contribution in [0, 0.1) is 12.7 Å². The van der Waals surface area contributed by atoms with Gasteiger partial charge >= 0.3 is 12.1 Å². The number of carbonyl (C=O) groups is 1. The maximum Gasteiger partial charge on any atom is 0.459 e. The number of benzene rings is 1. The van der Waals surface area contributed by atoms with Gasteiger partial charge in [-0.1, -0.05) is 15.9 Å². The summed E-state index contributed by atoms with van der Waals surface area (Å²) in [6, 6.07) is 5.21. The average Bonchev–Trinajstić information content (AvgIpc) is 2.99. The van der Waals surface area contributed by atoms with Gasteiger partial charge in [0.1, 0.15) is 11.5 Å². The molecule has 1 amide bonds. The minimum Gasteiger partial charge on any atom is -0.318 e. The van der Waals surface area contributed by atoms with Crippen LogP contribution in [-0.4, -0.2) is 26.7 Å². The summed E-state index contributed by atoms with van der Waals surface area (Å²) in [4.78, 5) is 16.1. The second-order valence-corrected chi connectivity index (χ2v) is 6.65. The highest BCUT2D eigenvalue weighted by atomic mass is 79.9. The van der Waals surface area contributed by atoms with Crippen molar-refractivity contribution >= 4 is 33.2 Å². The molecule has 28 heavy (non-hydrogen) atoms. The van der Waals surface area contributed by atoms with Gasteiger partial charge in [-0.2, -0.15) is 27.1 Å². The van der Waals surface area contributed by atoms with Crippen LogP contribution in [0.1, 0.15) is 21.9 Å². The molecule has 3 rings (SSSR count). The van der Waals surface area contributed by atoms with Crippen molar-refractivity contribution in [2.24, 2.45) is 0 Å². The van der Waals surface area contributed by atoms with E-state index in [1.165, 1.54) is 19.1 Å². The number of hydrogen-bond acceptors (Lipinski definition) is 3. The molecular formula is C16H9BrF6N4O. The molecule has 2 aromatic heterocycles. The Kier molecular flexibility index (Phi) is 4.86. The molecule has 5 nitrogen and oxygen atoms in total. The number of carbonyl (C=O) groups excluding carboxylic acids is 1. The van der Waals surface area contributed by atoms with Crippen LogP contribution < -0.4 is 5.32 Å². The number of anilines is 1. The lowest BCUT2D eigenvalue weighted by molar-refractivity contribution is -0.291. The van der Waals surface area contributed by atoms with E-state index < -0.39 is 35.2 Å². The summed E-state index contributed by atoms with van der Waals surface area (Å²) in [6.45, 7) is 1.22. The highest BCUT2D eigenvalue weighted by Gasteiger charge is 2.60. The number of nitrogens with one attached hydrogen (secondary N) is 1. The summed E-state index contributed by atoms with van der Waals surface area (Å²) >= 11 is 3.04. The van der Waals surface area contributed by atoms with E-state index in [9.17, 15) is 31.1 Å². The van der Waals surface area contributed by atoms with Gasteiger partial charge in [-0.05, 0) is 31.2 Å². The summed E-state index contributed by atoms with van der Waals surface area (Å²) in [6.07, 6.45) is -5.87. The van der Waals surface area contributed by atoms with Crippen molar-refractivity contribution in [3.05, 3.63) is 57.7 Å². The molecule has 0 unspecified atom stereocenters. The molecule has 1 aromatic carbocycles. The molecular weight excluding hydrogens is 458 g/mol. The molecule has 2 heterocycles. The zero-order valence-corrected chi connectivity index (χ0v) is 15.4. The normalized spacial score (nSPS) is 12.4. The Bertz CT molecular complexity index is 1080. The molecule has 0 atom stereocenters. The van der Waals surface area contributed by atoms with Crippen LogP contribution in [0.15, 0.2) is 34.8 Å². The first-order chi connectivity index (χ1) is 12.9. The SMILES string of the molecule is Cc1cc(C(F)(F)C(F)(F)F)n2nc(C(=O)Nc3ccc(Br)cc3F)cc2n1. The van der Waals surface area contributed by atoms with Crippen LogP contribution in [0.3, 0.4) is 0 Å². The van der Waals surface area contributed by atoms with Crippen molar-refractivity contribution in [3.8, 4) is 0 Å². The predicted octanol–water partition coefficient (Wildman–Crippen LogP) is 4.85. The maximum atomic E-state index is 13.9. The highest BCUT2D eigenvalue weighted by molar-refractivity contribution is 9.10. The van der Waals surface area contributed by atoms with E-state index in [0.29, 0.717) is 10.5 Å². The third-order valence-corrected chi connectivity index (χ3v) is 4.14. The minimum absolute atomic E-state index is 0.128. The van der Waals surface area contributed by atoms with Gasteiger partial charge in [0, 0.05) is 16.2 Å². The van der Waals surface area contributed by atoms with Gasteiger partial charge in [-0.15, -0.1) is 0 Å². The first-order valence-corrected chi connectivity index (χ1v) is 8.28. The van der Waals surface area contributed by atoms with Crippen molar-refractivity contribution in [2.45, 2.75) is 19.0 Å². The molecule has 0 radical (unpaired) electrons. The molecule has 0 bridgehead atoms. The Hall–Kier alpha value is -2.63. The van der Waals surface area contributed by atoms with Crippen LogP contribution in [0.25, 0.3) is 5.65 Å². The van der Waals surface area contributed by atoms with Crippen LogP contribution in [0.5, 0.6) is 0 Å². The average molecular weight is 467 g/mol. The lowest BCUT2D eigenvalue weighted by Crippen LogP contribution is -2.36. The molecule has 0 spiro atoms. The zero-order chi connectivity index (χ0) is 20.9. The van der Waals surface area contributed by atoms with Crippen molar-refractivity contribution < 1.29 is 31.1 Å². The Balaban J connectivity index is 2.05. The number of alkyl halides is 5. The summed E-state index contributed by atoms with van der Waals surface area (Å²) < 4.78 is 80.5. The lowest BCUT2D eigenvalue weighted by atomic mass is 10.2. The van der Waals surface area contributed by atoms with Crippen molar-refractivity contribution in [1.29, 1.82) is 0 Å². The monoisotopic (exact) mass is 466 g/mol. The smallest absolute Gasteiger partial charge is 0.318 e. The lowest BCUT2D eigenvalue weighted by Gasteiger charge is -2.20. The zero-order valence-electron chi connectivity index (χ0n) is 13.8. The number of fused-ring (bicyclic) bond motifs is 1. The van der Waals surface area contributed by atoms with E-state index >= 15 is 0 Å². The third-order valence-electron chi connectivity index (χ3n) is 3.64. The predicted molar refractivity (Wildman–Crippen MR) is 89.7 cm³/mol. The Morgan fingerprint density at radius 1 is 1.14 bits per heavy atom. The van der Waals surface area contributed by atoms with Gasteiger partial charge < -0.3 is 5.32 Å². The highest BCUT2D eigenvalue weighted by Crippen LogP contribution is 2.43. The molecule has 0 saturated carbocycles. The van der Waals surface area contributed by atoms with E-state index in [-0.39, 0.29) is 21.5 Å². The van der Waals surface area contributed by atoms with Crippen LogP contribution in [0.2, 0.25) is 0 Å². The largest absolute Gasteiger partial charge is 0.459 e. The second kappa shape index (κ2) is 6.76.